The Morgan fingerprint density at radius 1 is 1.12 bits per heavy atom. The minimum Gasteiger partial charge on any atom is -0.284 e. The summed E-state index contributed by atoms with van der Waals surface area (Å²) in [6.07, 6.45) is 4.63. The zero-order chi connectivity index (χ0) is 23.1. The van der Waals surface area contributed by atoms with Gasteiger partial charge in [0.15, 0.2) is 0 Å². The Balaban J connectivity index is 1.47. The van der Waals surface area contributed by atoms with Crippen LogP contribution in [-0.2, 0) is 4.79 Å². The van der Waals surface area contributed by atoms with E-state index in [1.165, 1.54) is 19.3 Å². The molecule has 0 aromatic heterocycles. The number of hydrogen-bond acceptors (Lipinski definition) is 4. The smallest absolute Gasteiger partial charge is 0.282 e. The Labute approximate surface area is 213 Å². The molecule has 1 saturated carbocycles. The lowest BCUT2D eigenvalue weighted by Crippen LogP contribution is -2.45. The van der Waals surface area contributed by atoms with E-state index < -0.39 is 0 Å². The highest BCUT2D eigenvalue weighted by atomic mass is 79.9. The number of carbonyl (C=O) groups excluding carboxylic acids is 1. The van der Waals surface area contributed by atoms with Crippen LogP contribution in [0.5, 0.6) is 0 Å². The van der Waals surface area contributed by atoms with Crippen molar-refractivity contribution in [3.63, 3.8) is 0 Å². The lowest BCUT2D eigenvalue weighted by Gasteiger charge is -2.29. The number of hydrogen-bond donors (Lipinski definition) is 1. The lowest BCUT2D eigenvalue weighted by molar-refractivity contribution is -0.119. The summed E-state index contributed by atoms with van der Waals surface area (Å²) >= 11 is 16.3. The van der Waals surface area contributed by atoms with Crippen molar-refractivity contribution in [1.29, 1.82) is 0 Å². The van der Waals surface area contributed by atoms with Gasteiger partial charge in [-0.1, -0.05) is 64.6 Å². The number of nitrogens with one attached hydrogen (secondary N) is 1. The number of carbonyl (C=O) groups is 1. The summed E-state index contributed by atoms with van der Waals surface area (Å²) < 4.78 is 1.01. The van der Waals surface area contributed by atoms with E-state index in [1.54, 1.807) is 12.1 Å². The molecule has 0 radical (unpaired) electrons. The molecule has 1 amide bonds. The first-order valence-electron chi connectivity index (χ1n) is 11.6. The largest absolute Gasteiger partial charge is 0.284 e. The Kier molecular flexibility index (Phi) is 6.72. The summed E-state index contributed by atoms with van der Waals surface area (Å²) in [5.74, 6) is 1.23. The molecule has 0 bridgehead atoms. The molecule has 2 heterocycles. The van der Waals surface area contributed by atoms with Crippen molar-refractivity contribution < 1.29 is 4.79 Å². The molecule has 2 aromatic carbocycles. The van der Waals surface area contributed by atoms with Crippen LogP contribution in [-0.4, -0.2) is 29.7 Å². The van der Waals surface area contributed by atoms with E-state index in [-0.39, 0.29) is 17.9 Å². The fourth-order valence-electron chi connectivity index (χ4n) is 5.63. The fraction of sp³-hybridized carbons (Fsp3) is 0.440. The third-order valence-corrected chi connectivity index (χ3v) is 8.30. The van der Waals surface area contributed by atoms with Gasteiger partial charge in [-0.2, -0.15) is 5.10 Å². The second-order valence-electron chi connectivity index (χ2n) is 9.23. The third-order valence-electron chi connectivity index (χ3n) is 7.24. The van der Waals surface area contributed by atoms with E-state index >= 15 is 0 Å². The monoisotopic (exact) mass is 548 g/mol. The molecule has 1 N–H and O–H groups in total. The molecule has 8 heteroatoms. The number of fused-ring (bicyclic) bond motifs is 1. The maximum Gasteiger partial charge on any atom is 0.282 e. The summed E-state index contributed by atoms with van der Waals surface area (Å²) in [5, 5.41) is 9.93. The van der Waals surface area contributed by atoms with Gasteiger partial charge >= 0.3 is 0 Å². The van der Waals surface area contributed by atoms with Crippen LogP contribution in [0.1, 0.15) is 44.2 Å². The van der Waals surface area contributed by atoms with Crippen LogP contribution in [0.25, 0.3) is 0 Å². The summed E-state index contributed by atoms with van der Waals surface area (Å²) in [5.41, 5.74) is 5.54. The summed E-state index contributed by atoms with van der Waals surface area (Å²) in [7, 11) is 0. The average Bonchev–Trinajstić information content (AvgIpc) is 3.47. The highest BCUT2D eigenvalue weighted by molar-refractivity contribution is 9.10. The zero-order valence-electron chi connectivity index (χ0n) is 18.5. The van der Waals surface area contributed by atoms with E-state index in [0.29, 0.717) is 27.6 Å². The van der Waals surface area contributed by atoms with Crippen LogP contribution < -0.4 is 10.4 Å². The van der Waals surface area contributed by atoms with Crippen LogP contribution in [0.4, 0.5) is 5.69 Å². The average molecular weight is 550 g/mol. The Hall–Kier alpha value is -1.60. The maximum atomic E-state index is 13.5. The standard InChI is InChI=1S/C25H27BrCl2N4O/c1-2-20-23(25(33)30-31-13-16-4-3-5-17(16)14-31)29-32(22-11-10-19(27)12-21(22)28)24(20)15-6-8-18(26)9-7-15/h6-12,16-17,20,24H,2-5,13-14H2,1H3,(H,30,33). The molecule has 1 saturated heterocycles. The van der Waals surface area contributed by atoms with Gasteiger partial charge in [0.1, 0.15) is 5.71 Å². The van der Waals surface area contributed by atoms with Crippen molar-refractivity contribution in [1.82, 2.24) is 10.4 Å². The van der Waals surface area contributed by atoms with E-state index in [1.807, 2.05) is 23.2 Å². The van der Waals surface area contributed by atoms with E-state index in [4.69, 9.17) is 28.3 Å². The van der Waals surface area contributed by atoms with Gasteiger partial charge in [-0.25, -0.2) is 5.01 Å². The van der Waals surface area contributed by atoms with Crippen LogP contribution >= 0.6 is 39.1 Å². The molecule has 5 nitrogen and oxygen atoms in total. The van der Waals surface area contributed by atoms with Crippen LogP contribution in [0.3, 0.4) is 0 Å². The Morgan fingerprint density at radius 3 is 2.45 bits per heavy atom. The Bertz CT molecular complexity index is 1060. The van der Waals surface area contributed by atoms with Gasteiger partial charge in [0.2, 0.25) is 0 Å². The predicted octanol–water partition coefficient (Wildman–Crippen LogP) is 6.46. The summed E-state index contributed by atoms with van der Waals surface area (Å²) in [6, 6.07) is 13.4. The topological polar surface area (TPSA) is 47.9 Å². The van der Waals surface area contributed by atoms with Gasteiger partial charge in [-0.15, -0.1) is 0 Å². The fourth-order valence-corrected chi connectivity index (χ4v) is 6.39. The Morgan fingerprint density at radius 2 is 1.82 bits per heavy atom. The van der Waals surface area contributed by atoms with Crippen LogP contribution in [0.15, 0.2) is 52.0 Å². The lowest BCUT2D eigenvalue weighted by atomic mass is 9.87. The molecule has 1 aliphatic carbocycles. The first kappa shape index (κ1) is 23.2. The van der Waals surface area contributed by atoms with Gasteiger partial charge in [-0.3, -0.25) is 15.2 Å². The number of hydrazone groups is 1. The molecule has 2 aliphatic heterocycles. The number of rotatable bonds is 5. The second-order valence-corrected chi connectivity index (χ2v) is 11.0. The first-order valence-corrected chi connectivity index (χ1v) is 13.1. The molecular formula is C25H27BrCl2N4O. The number of anilines is 1. The number of halogens is 3. The van der Waals surface area contributed by atoms with Crippen molar-refractivity contribution in [2.75, 3.05) is 18.1 Å². The molecule has 4 unspecified atom stereocenters. The number of hydrazine groups is 1. The van der Waals surface area contributed by atoms with Crippen LogP contribution in [0, 0.1) is 17.8 Å². The minimum atomic E-state index is -0.138. The quantitative estimate of drug-likeness (QED) is 0.465. The normalized spacial score (nSPS) is 27.0. The number of benzene rings is 2. The first-order chi connectivity index (χ1) is 15.9. The molecule has 4 atom stereocenters. The molecule has 2 fully saturated rings. The van der Waals surface area contributed by atoms with Gasteiger partial charge in [-0.05, 0) is 67.0 Å². The van der Waals surface area contributed by atoms with Gasteiger partial charge < -0.3 is 0 Å². The van der Waals surface area contributed by atoms with E-state index in [0.717, 1.165) is 35.2 Å². The highest BCUT2D eigenvalue weighted by Crippen LogP contribution is 2.44. The van der Waals surface area contributed by atoms with Crippen molar-refractivity contribution in [3.8, 4) is 0 Å². The molecular weight excluding hydrogens is 523 g/mol. The third kappa shape index (κ3) is 4.55. The zero-order valence-corrected chi connectivity index (χ0v) is 21.6. The van der Waals surface area contributed by atoms with E-state index in [2.05, 4.69) is 45.4 Å². The van der Waals surface area contributed by atoms with Crippen LogP contribution in [0.2, 0.25) is 10.0 Å². The van der Waals surface area contributed by atoms with E-state index in [9.17, 15) is 4.79 Å². The van der Waals surface area contributed by atoms with Gasteiger partial charge in [0.05, 0.1) is 16.8 Å². The second kappa shape index (κ2) is 9.57. The highest BCUT2D eigenvalue weighted by Gasteiger charge is 2.43. The SMILES string of the molecule is CCC1C(C(=O)NN2CC3CCCC3C2)=NN(c2ccc(Cl)cc2Cl)C1c1ccc(Br)cc1. The molecule has 2 aromatic rings. The van der Waals surface area contributed by atoms with Crippen molar-refractivity contribution in [2.45, 2.75) is 38.6 Å². The van der Waals surface area contributed by atoms with Gasteiger partial charge in [0, 0.05) is 28.5 Å². The summed E-state index contributed by atoms with van der Waals surface area (Å²) in [6.45, 7) is 3.97. The molecule has 0 spiro atoms. The minimum absolute atomic E-state index is 0.0694. The molecule has 33 heavy (non-hydrogen) atoms. The molecule has 174 valence electrons. The predicted molar refractivity (Wildman–Crippen MR) is 138 cm³/mol. The maximum absolute atomic E-state index is 13.5. The van der Waals surface area contributed by atoms with Crippen molar-refractivity contribution in [2.24, 2.45) is 22.9 Å². The molecule has 5 rings (SSSR count). The number of nitrogens with zero attached hydrogens (tertiary/aromatic N) is 3. The van der Waals surface area contributed by atoms with Crippen molar-refractivity contribution in [3.05, 3.63) is 62.5 Å². The molecule has 3 aliphatic rings. The van der Waals surface area contributed by atoms with Crippen molar-refractivity contribution >= 4 is 56.4 Å². The summed E-state index contributed by atoms with van der Waals surface area (Å²) in [4.78, 5) is 13.5. The number of amides is 1. The van der Waals surface area contributed by atoms with Gasteiger partial charge in [0.25, 0.3) is 5.91 Å².